The molecule has 0 bridgehead atoms. The number of hydrogen-bond acceptors (Lipinski definition) is 4. The van der Waals surface area contributed by atoms with E-state index in [1.54, 1.807) is 6.92 Å². The molecule has 1 saturated heterocycles. The van der Waals surface area contributed by atoms with E-state index in [1.165, 1.54) is 4.31 Å². The van der Waals surface area contributed by atoms with Gasteiger partial charge >= 0.3 is 0 Å². The maximum absolute atomic E-state index is 12.2. The first-order chi connectivity index (χ1) is 9.47. The second-order valence-corrected chi connectivity index (χ2v) is 7.34. The third-order valence-corrected chi connectivity index (χ3v) is 5.53. The van der Waals surface area contributed by atoms with E-state index >= 15 is 0 Å². The Labute approximate surface area is 122 Å². The van der Waals surface area contributed by atoms with E-state index in [-0.39, 0.29) is 11.7 Å². The number of carbonyl (C=O) groups excluding carboxylic acids is 1. The number of piperazine rings is 1. The van der Waals surface area contributed by atoms with Crippen LogP contribution in [-0.4, -0.2) is 57.1 Å². The summed E-state index contributed by atoms with van der Waals surface area (Å²) in [4.78, 5) is 11.9. The van der Waals surface area contributed by atoms with Gasteiger partial charge in [0, 0.05) is 32.7 Å². The van der Waals surface area contributed by atoms with Crippen molar-refractivity contribution in [1.29, 1.82) is 0 Å². The van der Waals surface area contributed by atoms with Gasteiger partial charge in [0.25, 0.3) is 0 Å². The van der Waals surface area contributed by atoms with E-state index in [1.807, 2.05) is 0 Å². The van der Waals surface area contributed by atoms with Crippen LogP contribution in [0.25, 0.3) is 0 Å². The van der Waals surface area contributed by atoms with Crippen molar-refractivity contribution in [3.63, 3.8) is 0 Å². The van der Waals surface area contributed by atoms with Gasteiger partial charge in [0.15, 0.2) is 0 Å². The molecule has 1 amide bonds. The topological polar surface area (TPSA) is 78.5 Å². The maximum Gasteiger partial charge on any atom is 0.223 e. The first kappa shape index (κ1) is 17.4. The molecule has 1 rings (SSSR count). The molecule has 0 radical (unpaired) electrons. The van der Waals surface area contributed by atoms with E-state index in [0.29, 0.717) is 32.7 Å². The van der Waals surface area contributed by atoms with Crippen molar-refractivity contribution in [2.24, 2.45) is 5.92 Å². The van der Waals surface area contributed by atoms with Gasteiger partial charge in [-0.3, -0.25) is 4.79 Å². The molecule has 0 spiro atoms. The lowest BCUT2D eigenvalue weighted by molar-refractivity contribution is -0.123. The smallest absolute Gasteiger partial charge is 0.223 e. The second kappa shape index (κ2) is 8.59. The molecule has 7 heteroatoms. The molecule has 0 aromatic heterocycles. The maximum atomic E-state index is 12.2. The molecule has 0 aromatic rings. The minimum absolute atomic E-state index is 0.105. The summed E-state index contributed by atoms with van der Waals surface area (Å²) in [6, 6.07) is 0. The van der Waals surface area contributed by atoms with E-state index in [2.05, 4.69) is 17.6 Å². The molecule has 1 unspecified atom stereocenters. The van der Waals surface area contributed by atoms with Crippen LogP contribution in [0, 0.1) is 5.92 Å². The number of hydrogen-bond donors (Lipinski definition) is 2. The van der Waals surface area contributed by atoms with Gasteiger partial charge in [0.2, 0.25) is 15.9 Å². The van der Waals surface area contributed by atoms with E-state index in [4.69, 9.17) is 0 Å². The van der Waals surface area contributed by atoms with E-state index < -0.39 is 15.9 Å². The molecule has 20 heavy (non-hydrogen) atoms. The van der Waals surface area contributed by atoms with E-state index in [0.717, 1.165) is 19.3 Å². The normalized spacial score (nSPS) is 18.7. The third-order valence-electron chi connectivity index (χ3n) is 3.46. The molecular formula is C13H27N3O3S. The number of unbranched alkanes of at least 4 members (excludes halogenated alkanes) is 2. The third kappa shape index (κ3) is 5.76. The SMILES string of the molecule is CCCCCNC(=O)C(C)CS(=O)(=O)N1CCNCC1. The van der Waals surface area contributed by atoms with Gasteiger partial charge in [-0.1, -0.05) is 26.7 Å². The van der Waals surface area contributed by atoms with Gasteiger partial charge in [0.05, 0.1) is 11.7 Å². The fraction of sp³-hybridized carbons (Fsp3) is 0.923. The predicted molar refractivity (Wildman–Crippen MR) is 79.9 cm³/mol. The zero-order valence-electron chi connectivity index (χ0n) is 12.5. The fourth-order valence-electron chi connectivity index (χ4n) is 2.18. The average Bonchev–Trinajstić information content (AvgIpc) is 2.44. The molecule has 2 N–H and O–H groups in total. The molecule has 118 valence electrons. The molecular weight excluding hydrogens is 278 g/mol. The van der Waals surface area contributed by atoms with Gasteiger partial charge in [-0.2, -0.15) is 4.31 Å². The molecule has 1 aliphatic heterocycles. The Morgan fingerprint density at radius 1 is 1.30 bits per heavy atom. The van der Waals surface area contributed by atoms with Crippen LogP contribution in [0.5, 0.6) is 0 Å². The van der Waals surface area contributed by atoms with Crippen LogP contribution in [0.2, 0.25) is 0 Å². The average molecular weight is 305 g/mol. The zero-order chi connectivity index (χ0) is 15.0. The lowest BCUT2D eigenvalue weighted by Gasteiger charge is -2.27. The van der Waals surface area contributed by atoms with Crippen molar-refractivity contribution in [2.45, 2.75) is 33.1 Å². The zero-order valence-corrected chi connectivity index (χ0v) is 13.3. The van der Waals surface area contributed by atoms with E-state index in [9.17, 15) is 13.2 Å². The highest BCUT2D eigenvalue weighted by Gasteiger charge is 2.28. The Hall–Kier alpha value is -0.660. The Morgan fingerprint density at radius 2 is 1.95 bits per heavy atom. The summed E-state index contributed by atoms with van der Waals surface area (Å²) in [5, 5.41) is 5.93. The number of sulfonamides is 1. The number of rotatable bonds is 8. The van der Waals surface area contributed by atoms with Gasteiger partial charge in [-0.15, -0.1) is 0 Å². The summed E-state index contributed by atoms with van der Waals surface area (Å²) in [5.41, 5.74) is 0. The Balaban J connectivity index is 2.39. The summed E-state index contributed by atoms with van der Waals surface area (Å²) in [5.74, 6) is -0.775. The van der Waals surface area contributed by atoms with Crippen LogP contribution in [0.1, 0.15) is 33.1 Å². The highest BCUT2D eigenvalue weighted by Crippen LogP contribution is 2.09. The van der Waals surface area contributed by atoms with Crippen LogP contribution < -0.4 is 10.6 Å². The Morgan fingerprint density at radius 3 is 2.55 bits per heavy atom. The molecule has 1 heterocycles. The lowest BCUT2D eigenvalue weighted by Crippen LogP contribution is -2.48. The number of nitrogens with zero attached hydrogens (tertiary/aromatic N) is 1. The van der Waals surface area contributed by atoms with Gasteiger partial charge in [0.1, 0.15) is 0 Å². The van der Waals surface area contributed by atoms with Crippen molar-refractivity contribution >= 4 is 15.9 Å². The summed E-state index contributed by atoms with van der Waals surface area (Å²) in [6.45, 7) is 6.75. The molecule has 0 saturated carbocycles. The van der Waals surface area contributed by atoms with Crippen molar-refractivity contribution < 1.29 is 13.2 Å². The van der Waals surface area contributed by atoms with Gasteiger partial charge < -0.3 is 10.6 Å². The molecule has 0 aliphatic carbocycles. The highest BCUT2D eigenvalue weighted by atomic mass is 32.2. The summed E-state index contributed by atoms with van der Waals surface area (Å²) in [7, 11) is -3.33. The van der Waals surface area contributed by atoms with Crippen LogP contribution in [0.15, 0.2) is 0 Å². The van der Waals surface area contributed by atoms with Crippen LogP contribution >= 0.6 is 0 Å². The molecule has 1 aliphatic rings. The molecule has 6 nitrogen and oxygen atoms in total. The Kier molecular flexibility index (Phi) is 7.47. The summed E-state index contributed by atoms with van der Waals surface area (Å²) in [6.07, 6.45) is 3.12. The van der Waals surface area contributed by atoms with Crippen molar-refractivity contribution in [2.75, 3.05) is 38.5 Å². The van der Waals surface area contributed by atoms with Crippen molar-refractivity contribution in [1.82, 2.24) is 14.9 Å². The monoisotopic (exact) mass is 305 g/mol. The minimum Gasteiger partial charge on any atom is -0.356 e. The number of carbonyl (C=O) groups is 1. The molecule has 1 atom stereocenters. The standard InChI is InChI=1S/C13H27N3O3S/c1-3-4-5-6-15-13(17)12(2)11-20(18,19)16-9-7-14-8-10-16/h12,14H,3-11H2,1-2H3,(H,15,17). The largest absolute Gasteiger partial charge is 0.356 e. The number of nitrogens with one attached hydrogen (secondary N) is 2. The van der Waals surface area contributed by atoms with Gasteiger partial charge in [-0.05, 0) is 6.42 Å². The van der Waals surface area contributed by atoms with Crippen LogP contribution in [0.4, 0.5) is 0 Å². The van der Waals surface area contributed by atoms with Gasteiger partial charge in [-0.25, -0.2) is 8.42 Å². The van der Waals surface area contributed by atoms with Crippen LogP contribution in [0.3, 0.4) is 0 Å². The van der Waals surface area contributed by atoms with Crippen LogP contribution in [-0.2, 0) is 14.8 Å². The summed E-state index contributed by atoms with van der Waals surface area (Å²) >= 11 is 0. The van der Waals surface area contributed by atoms with Crippen molar-refractivity contribution in [3.05, 3.63) is 0 Å². The quantitative estimate of drug-likeness (QED) is 0.626. The predicted octanol–water partition coefficient (Wildman–Crippen LogP) is 0.164. The Bertz CT molecular complexity index is 392. The second-order valence-electron chi connectivity index (χ2n) is 5.33. The minimum atomic E-state index is -3.33. The fourth-order valence-corrected chi connectivity index (χ4v) is 3.91. The lowest BCUT2D eigenvalue weighted by atomic mass is 10.2. The molecule has 1 fully saturated rings. The summed E-state index contributed by atoms with van der Waals surface area (Å²) < 4.78 is 25.9. The number of amides is 1. The molecule has 0 aromatic carbocycles. The van der Waals surface area contributed by atoms with Crippen molar-refractivity contribution in [3.8, 4) is 0 Å². The first-order valence-corrected chi connectivity index (χ1v) is 9.04. The highest BCUT2D eigenvalue weighted by molar-refractivity contribution is 7.89. The first-order valence-electron chi connectivity index (χ1n) is 7.43.